The van der Waals surface area contributed by atoms with Crippen molar-refractivity contribution < 1.29 is 4.79 Å². The number of anilines is 1. The quantitative estimate of drug-likeness (QED) is 0.625. The lowest BCUT2D eigenvalue weighted by molar-refractivity contribution is -0.136. The van der Waals surface area contributed by atoms with Crippen molar-refractivity contribution in [3.63, 3.8) is 0 Å². The molecular weight excluding hydrogens is 400 g/mol. The Bertz CT molecular complexity index is 1090. The molecule has 2 aliphatic heterocycles. The smallest absolute Gasteiger partial charge is 0.225 e. The van der Waals surface area contributed by atoms with Crippen LogP contribution < -0.4 is 4.90 Å². The zero-order valence-corrected chi connectivity index (χ0v) is 19.1. The number of likely N-dealkylation sites (tertiary alicyclic amines) is 1. The molecule has 4 heterocycles. The summed E-state index contributed by atoms with van der Waals surface area (Å²) in [7, 11) is 0. The lowest BCUT2D eigenvalue weighted by Gasteiger charge is -2.34. The van der Waals surface area contributed by atoms with Gasteiger partial charge in [0.2, 0.25) is 5.91 Å². The van der Waals surface area contributed by atoms with Gasteiger partial charge in [-0.05, 0) is 51.7 Å². The van der Waals surface area contributed by atoms with E-state index in [1.165, 1.54) is 12.8 Å². The molecule has 7 heteroatoms. The number of amides is 1. The van der Waals surface area contributed by atoms with Gasteiger partial charge in [-0.15, -0.1) is 5.10 Å². The topological polar surface area (TPSA) is 67.2 Å². The van der Waals surface area contributed by atoms with Crippen LogP contribution in [0.15, 0.2) is 30.3 Å². The number of fused-ring (bicyclic) bond motifs is 1. The highest BCUT2D eigenvalue weighted by Gasteiger charge is 2.31. The average Bonchev–Trinajstić information content (AvgIpc) is 3.00. The van der Waals surface area contributed by atoms with Crippen molar-refractivity contribution >= 4 is 22.6 Å². The zero-order valence-electron chi connectivity index (χ0n) is 19.1. The molecular formula is C25H32N6O. The molecule has 2 aliphatic rings. The molecule has 5 rings (SSSR count). The Kier molecular flexibility index (Phi) is 5.81. The van der Waals surface area contributed by atoms with Crippen LogP contribution in [-0.2, 0) is 4.79 Å². The van der Waals surface area contributed by atoms with Crippen molar-refractivity contribution in [1.82, 2.24) is 24.9 Å². The van der Waals surface area contributed by atoms with E-state index in [-0.39, 0.29) is 5.92 Å². The van der Waals surface area contributed by atoms with Crippen LogP contribution in [0.5, 0.6) is 0 Å². The van der Waals surface area contributed by atoms with Gasteiger partial charge in [0.15, 0.2) is 5.82 Å². The van der Waals surface area contributed by atoms with Crippen molar-refractivity contribution in [3.05, 3.63) is 41.7 Å². The molecule has 0 bridgehead atoms. The van der Waals surface area contributed by atoms with Crippen molar-refractivity contribution in [1.29, 1.82) is 0 Å². The summed E-state index contributed by atoms with van der Waals surface area (Å²) in [5.74, 6) is 1.32. The van der Waals surface area contributed by atoms with E-state index in [4.69, 9.17) is 5.10 Å². The second-order valence-corrected chi connectivity index (χ2v) is 9.17. The van der Waals surface area contributed by atoms with E-state index >= 15 is 0 Å². The van der Waals surface area contributed by atoms with Crippen LogP contribution >= 0.6 is 0 Å². The van der Waals surface area contributed by atoms with Crippen LogP contribution in [-0.4, -0.2) is 57.0 Å². The number of rotatable bonds is 3. The van der Waals surface area contributed by atoms with Crippen LogP contribution in [0.3, 0.4) is 0 Å². The van der Waals surface area contributed by atoms with Crippen LogP contribution in [0.25, 0.3) is 16.6 Å². The highest BCUT2D eigenvalue weighted by molar-refractivity contribution is 5.92. The van der Waals surface area contributed by atoms with Gasteiger partial charge in [-0.2, -0.15) is 10.2 Å². The van der Waals surface area contributed by atoms with Gasteiger partial charge in [0.1, 0.15) is 5.52 Å². The minimum absolute atomic E-state index is 0.127. The summed E-state index contributed by atoms with van der Waals surface area (Å²) in [6.07, 6.45) is 6.52. The van der Waals surface area contributed by atoms with E-state index in [1.54, 1.807) is 0 Å². The van der Waals surface area contributed by atoms with E-state index in [2.05, 4.69) is 39.1 Å². The molecule has 0 unspecified atom stereocenters. The lowest BCUT2D eigenvalue weighted by atomic mass is 9.95. The number of hydrogen-bond donors (Lipinski definition) is 0. The number of aromatic nitrogens is 4. The third kappa shape index (κ3) is 3.85. The van der Waals surface area contributed by atoms with E-state index in [0.29, 0.717) is 5.91 Å². The predicted octanol–water partition coefficient (Wildman–Crippen LogP) is 4.05. The molecule has 7 nitrogen and oxygen atoms in total. The van der Waals surface area contributed by atoms with Gasteiger partial charge in [0.05, 0.1) is 22.5 Å². The summed E-state index contributed by atoms with van der Waals surface area (Å²) < 4.78 is 1.99. The molecule has 0 saturated carbocycles. The fourth-order valence-electron chi connectivity index (χ4n) is 5.23. The number of aryl methyl sites for hydroxylation is 2. The first-order valence-corrected chi connectivity index (χ1v) is 12.0. The second kappa shape index (κ2) is 8.88. The number of nitrogens with zero attached hydrogens (tertiary/aromatic N) is 6. The Morgan fingerprint density at radius 3 is 2.28 bits per heavy atom. The summed E-state index contributed by atoms with van der Waals surface area (Å²) in [4.78, 5) is 17.5. The molecule has 0 atom stereocenters. The van der Waals surface area contributed by atoms with Crippen molar-refractivity contribution in [2.45, 2.75) is 52.4 Å². The summed E-state index contributed by atoms with van der Waals surface area (Å²) in [5, 5.41) is 15.0. The third-order valence-corrected chi connectivity index (χ3v) is 7.05. The lowest BCUT2D eigenvalue weighted by Crippen LogP contribution is -2.43. The van der Waals surface area contributed by atoms with Crippen molar-refractivity contribution in [2.24, 2.45) is 5.92 Å². The Morgan fingerprint density at radius 2 is 1.59 bits per heavy atom. The number of carbonyl (C=O) groups excluding carboxylic acids is 1. The molecule has 0 aliphatic carbocycles. The Hall–Kier alpha value is -2.96. The highest BCUT2D eigenvalue weighted by atomic mass is 16.2. The number of para-hydroxylation sites is 1. The van der Waals surface area contributed by atoms with E-state index < -0.39 is 0 Å². The monoisotopic (exact) mass is 432 g/mol. The molecule has 0 N–H and O–H groups in total. The van der Waals surface area contributed by atoms with Crippen LogP contribution in [0.4, 0.5) is 5.82 Å². The minimum Gasteiger partial charge on any atom is -0.353 e. The summed E-state index contributed by atoms with van der Waals surface area (Å²) in [6.45, 7) is 7.57. The molecule has 168 valence electrons. The Balaban J connectivity index is 1.38. The van der Waals surface area contributed by atoms with Gasteiger partial charge in [0.25, 0.3) is 0 Å². The Morgan fingerprint density at radius 1 is 0.906 bits per heavy atom. The first kappa shape index (κ1) is 20.9. The zero-order chi connectivity index (χ0) is 22.1. The van der Waals surface area contributed by atoms with Crippen molar-refractivity contribution in [2.75, 3.05) is 31.1 Å². The maximum absolute atomic E-state index is 13.1. The molecule has 2 aromatic heterocycles. The maximum Gasteiger partial charge on any atom is 0.225 e. The third-order valence-electron chi connectivity index (χ3n) is 7.05. The highest BCUT2D eigenvalue weighted by Crippen LogP contribution is 2.32. The second-order valence-electron chi connectivity index (χ2n) is 9.17. The molecule has 2 fully saturated rings. The van der Waals surface area contributed by atoms with Crippen LogP contribution in [0, 0.1) is 19.8 Å². The van der Waals surface area contributed by atoms with E-state index in [9.17, 15) is 4.79 Å². The fraction of sp³-hybridized carbons (Fsp3) is 0.520. The van der Waals surface area contributed by atoms with Gasteiger partial charge >= 0.3 is 0 Å². The van der Waals surface area contributed by atoms with E-state index in [0.717, 1.165) is 85.7 Å². The first-order valence-electron chi connectivity index (χ1n) is 12.0. The van der Waals surface area contributed by atoms with Gasteiger partial charge in [-0.25, -0.2) is 4.68 Å². The van der Waals surface area contributed by atoms with Gasteiger partial charge in [-0.3, -0.25) is 4.79 Å². The number of hydrogen-bond acceptors (Lipinski definition) is 5. The molecule has 2 saturated heterocycles. The molecule has 3 aromatic rings. The molecule has 1 aromatic carbocycles. The minimum atomic E-state index is 0.127. The number of benzene rings is 1. The standard InChI is InChI=1S/C25H32N6O/c1-18-22-19(2)31(21-10-6-5-7-11-21)28-23(22)24(27-26-18)29-16-12-20(13-17-29)25(32)30-14-8-3-4-9-15-30/h5-7,10-11,20H,3-4,8-9,12-17H2,1-2H3. The fourth-order valence-corrected chi connectivity index (χ4v) is 5.23. The molecule has 32 heavy (non-hydrogen) atoms. The van der Waals surface area contributed by atoms with Crippen LogP contribution in [0.2, 0.25) is 0 Å². The normalized spacial score (nSPS) is 18.2. The summed E-state index contributed by atoms with van der Waals surface area (Å²) in [5.41, 5.74) is 3.91. The molecule has 1 amide bonds. The van der Waals surface area contributed by atoms with Crippen LogP contribution in [0.1, 0.15) is 49.9 Å². The molecule has 0 spiro atoms. The Labute approximate surface area is 189 Å². The number of carbonyl (C=O) groups is 1. The molecule has 0 radical (unpaired) electrons. The average molecular weight is 433 g/mol. The SMILES string of the molecule is Cc1nnc(N2CCC(C(=O)N3CCCCCC3)CC2)c2nn(-c3ccccc3)c(C)c12. The number of piperidine rings is 1. The maximum atomic E-state index is 13.1. The largest absolute Gasteiger partial charge is 0.353 e. The summed E-state index contributed by atoms with van der Waals surface area (Å²) in [6, 6.07) is 10.2. The summed E-state index contributed by atoms with van der Waals surface area (Å²) >= 11 is 0. The predicted molar refractivity (Wildman–Crippen MR) is 126 cm³/mol. The van der Waals surface area contributed by atoms with Gasteiger partial charge in [-0.1, -0.05) is 31.0 Å². The van der Waals surface area contributed by atoms with E-state index in [1.807, 2.05) is 29.8 Å². The first-order chi connectivity index (χ1) is 15.6. The van der Waals surface area contributed by atoms with Gasteiger partial charge in [0, 0.05) is 32.1 Å². The van der Waals surface area contributed by atoms with Crippen molar-refractivity contribution in [3.8, 4) is 5.69 Å². The van der Waals surface area contributed by atoms with Gasteiger partial charge < -0.3 is 9.80 Å².